The lowest BCUT2D eigenvalue weighted by Crippen LogP contribution is -2.31. The van der Waals surface area contributed by atoms with Gasteiger partial charge in [0, 0.05) is 6.04 Å². The van der Waals surface area contributed by atoms with Gasteiger partial charge in [0.15, 0.2) is 0 Å². The first-order valence-electron chi connectivity index (χ1n) is 8.02. The van der Waals surface area contributed by atoms with Crippen LogP contribution in [0.1, 0.15) is 56.7 Å². The van der Waals surface area contributed by atoms with Crippen molar-refractivity contribution in [3.63, 3.8) is 0 Å². The van der Waals surface area contributed by atoms with Crippen LogP contribution in [0.15, 0.2) is 12.1 Å². The third-order valence-electron chi connectivity index (χ3n) is 4.48. The lowest BCUT2D eigenvalue weighted by atomic mass is 9.99. The number of nitrogens with zero attached hydrogens (tertiary/aromatic N) is 1. The van der Waals surface area contributed by atoms with Gasteiger partial charge in [0.25, 0.3) is 0 Å². The molecule has 0 amide bonds. The highest BCUT2D eigenvalue weighted by Crippen LogP contribution is 2.19. The van der Waals surface area contributed by atoms with Crippen molar-refractivity contribution in [3.05, 3.63) is 34.6 Å². The molecule has 0 aliphatic carbocycles. The van der Waals surface area contributed by atoms with E-state index in [1.807, 2.05) is 13.0 Å². The minimum Gasteiger partial charge on any atom is -0.303 e. The highest BCUT2D eigenvalue weighted by Gasteiger charge is 2.12. The molecule has 0 saturated heterocycles. The molecule has 0 N–H and O–H groups in total. The van der Waals surface area contributed by atoms with Crippen molar-refractivity contribution in [2.24, 2.45) is 0 Å². The molecular formula is C18H30FN. The number of hydrogen-bond acceptors (Lipinski definition) is 1. The molecule has 0 spiro atoms. The molecule has 114 valence electrons. The molecule has 0 radical (unpaired) electrons. The summed E-state index contributed by atoms with van der Waals surface area (Å²) in [5, 5.41) is 0. The first-order chi connectivity index (χ1) is 9.54. The molecule has 1 nitrogen and oxygen atoms in total. The maximum absolute atomic E-state index is 14.3. The smallest absolute Gasteiger partial charge is 0.129 e. The van der Waals surface area contributed by atoms with Crippen molar-refractivity contribution in [2.75, 3.05) is 13.6 Å². The fourth-order valence-electron chi connectivity index (χ4n) is 2.97. The molecule has 0 heterocycles. The molecule has 0 aliphatic rings. The third-order valence-corrected chi connectivity index (χ3v) is 4.48. The molecular weight excluding hydrogens is 249 g/mol. The number of rotatable bonds is 8. The van der Waals surface area contributed by atoms with Gasteiger partial charge in [-0.25, -0.2) is 4.39 Å². The van der Waals surface area contributed by atoms with Crippen molar-refractivity contribution < 1.29 is 4.39 Å². The lowest BCUT2D eigenvalue weighted by molar-refractivity contribution is 0.227. The van der Waals surface area contributed by atoms with Gasteiger partial charge in [0.1, 0.15) is 5.82 Å². The van der Waals surface area contributed by atoms with Gasteiger partial charge in [-0.05, 0) is 69.3 Å². The van der Waals surface area contributed by atoms with Crippen LogP contribution in [0.2, 0.25) is 0 Å². The van der Waals surface area contributed by atoms with Crippen LogP contribution in [0.3, 0.4) is 0 Å². The Morgan fingerprint density at radius 2 is 1.70 bits per heavy atom. The van der Waals surface area contributed by atoms with E-state index in [1.165, 1.54) is 12.8 Å². The second-order valence-corrected chi connectivity index (χ2v) is 5.73. The molecule has 1 rings (SSSR count). The molecule has 1 aromatic carbocycles. The van der Waals surface area contributed by atoms with Crippen molar-refractivity contribution in [1.29, 1.82) is 0 Å². The number of aryl methyl sites for hydroxylation is 2. The maximum Gasteiger partial charge on any atom is 0.129 e. The third kappa shape index (κ3) is 4.31. The van der Waals surface area contributed by atoms with Gasteiger partial charge in [-0.1, -0.05) is 32.9 Å². The van der Waals surface area contributed by atoms with Gasteiger partial charge in [0.2, 0.25) is 0 Å². The van der Waals surface area contributed by atoms with Crippen LogP contribution in [0, 0.1) is 12.7 Å². The minimum atomic E-state index is 0.00883. The zero-order valence-electron chi connectivity index (χ0n) is 13.8. The summed E-state index contributed by atoms with van der Waals surface area (Å²) < 4.78 is 14.3. The molecule has 0 aliphatic heterocycles. The zero-order chi connectivity index (χ0) is 15.1. The van der Waals surface area contributed by atoms with E-state index in [4.69, 9.17) is 0 Å². The molecule has 2 heteroatoms. The molecule has 0 fully saturated rings. The van der Waals surface area contributed by atoms with Crippen molar-refractivity contribution in [3.8, 4) is 0 Å². The average molecular weight is 279 g/mol. The number of halogens is 1. The van der Waals surface area contributed by atoms with Gasteiger partial charge in [-0.3, -0.25) is 0 Å². The summed E-state index contributed by atoms with van der Waals surface area (Å²) in [6.07, 6.45) is 5.13. The average Bonchev–Trinajstić information content (AvgIpc) is 2.45. The van der Waals surface area contributed by atoms with E-state index >= 15 is 0 Å². The van der Waals surface area contributed by atoms with Crippen molar-refractivity contribution in [1.82, 2.24) is 4.90 Å². The normalized spacial score (nSPS) is 11.6. The van der Waals surface area contributed by atoms with Gasteiger partial charge >= 0.3 is 0 Å². The largest absolute Gasteiger partial charge is 0.303 e. The second-order valence-electron chi connectivity index (χ2n) is 5.73. The highest BCUT2D eigenvalue weighted by molar-refractivity contribution is 5.33. The van der Waals surface area contributed by atoms with E-state index in [1.54, 1.807) is 0 Å². The first kappa shape index (κ1) is 17.2. The van der Waals surface area contributed by atoms with Crippen LogP contribution in [0.25, 0.3) is 0 Å². The SMILES string of the molecule is CCc1ccc(CCCN(C)C(CC)CC)c(F)c1C. The summed E-state index contributed by atoms with van der Waals surface area (Å²) in [6.45, 7) is 9.48. The van der Waals surface area contributed by atoms with Crippen LogP contribution >= 0.6 is 0 Å². The lowest BCUT2D eigenvalue weighted by Gasteiger charge is -2.26. The monoisotopic (exact) mass is 279 g/mol. The predicted molar refractivity (Wildman–Crippen MR) is 85.8 cm³/mol. The Kier molecular flexibility index (Phi) is 7.22. The van der Waals surface area contributed by atoms with E-state index in [0.717, 1.165) is 42.5 Å². The fourth-order valence-corrected chi connectivity index (χ4v) is 2.97. The molecule has 0 atom stereocenters. The van der Waals surface area contributed by atoms with E-state index < -0.39 is 0 Å². The molecule has 0 bridgehead atoms. The van der Waals surface area contributed by atoms with Crippen molar-refractivity contribution in [2.45, 2.75) is 65.8 Å². The topological polar surface area (TPSA) is 3.24 Å². The standard InChI is InChI=1S/C18H30FN/c1-6-15-11-12-16(18(19)14(15)4)10-9-13-20(5)17(7-2)8-3/h11-12,17H,6-10,13H2,1-5H3. The molecule has 0 aromatic heterocycles. The maximum atomic E-state index is 14.3. The highest BCUT2D eigenvalue weighted by atomic mass is 19.1. The summed E-state index contributed by atoms with van der Waals surface area (Å²) in [6, 6.07) is 4.71. The Bertz CT molecular complexity index is 410. The van der Waals surface area contributed by atoms with Gasteiger partial charge in [-0.15, -0.1) is 0 Å². The van der Waals surface area contributed by atoms with Crippen LogP contribution in [-0.4, -0.2) is 24.5 Å². The Hall–Kier alpha value is -0.890. The Labute approximate surface area is 124 Å². The van der Waals surface area contributed by atoms with Crippen LogP contribution in [-0.2, 0) is 12.8 Å². The number of benzene rings is 1. The fraction of sp³-hybridized carbons (Fsp3) is 0.667. The zero-order valence-corrected chi connectivity index (χ0v) is 13.8. The van der Waals surface area contributed by atoms with E-state index in [-0.39, 0.29) is 5.82 Å². The quantitative estimate of drug-likeness (QED) is 0.664. The molecule has 0 unspecified atom stereocenters. The minimum absolute atomic E-state index is 0.00883. The van der Waals surface area contributed by atoms with Gasteiger partial charge in [-0.2, -0.15) is 0 Å². The summed E-state index contributed by atoms with van der Waals surface area (Å²) in [5.74, 6) is 0.00883. The first-order valence-corrected chi connectivity index (χ1v) is 8.02. The van der Waals surface area contributed by atoms with Crippen LogP contribution in [0.4, 0.5) is 4.39 Å². The molecule has 20 heavy (non-hydrogen) atoms. The van der Waals surface area contributed by atoms with Crippen LogP contribution in [0.5, 0.6) is 0 Å². The van der Waals surface area contributed by atoms with Crippen LogP contribution < -0.4 is 0 Å². The Balaban J connectivity index is 2.56. The van der Waals surface area contributed by atoms with E-state index in [9.17, 15) is 4.39 Å². The van der Waals surface area contributed by atoms with E-state index in [2.05, 4.69) is 38.8 Å². The van der Waals surface area contributed by atoms with Crippen molar-refractivity contribution >= 4 is 0 Å². The molecule has 1 aromatic rings. The Morgan fingerprint density at radius 1 is 1.10 bits per heavy atom. The summed E-state index contributed by atoms with van der Waals surface area (Å²) >= 11 is 0. The Morgan fingerprint density at radius 3 is 2.25 bits per heavy atom. The summed E-state index contributed by atoms with van der Waals surface area (Å²) in [7, 11) is 2.18. The summed E-state index contributed by atoms with van der Waals surface area (Å²) in [5.41, 5.74) is 2.83. The second kappa shape index (κ2) is 8.41. The van der Waals surface area contributed by atoms with Gasteiger partial charge < -0.3 is 4.90 Å². The summed E-state index contributed by atoms with van der Waals surface area (Å²) in [4.78, 5) is 2.41. The number of hydrogen-bond donors (Lipinski definition) is 0. The molecule has 0 saturated carbocycles. The van der Waals surface area contributed by atoms with E-state index in [0.29, 0.717) is 6.04 Å². The van der Waals surface area contributed by atoms with Gasteiger partial charge in [0.05, 0.1) is 0 Å². The predicted octanol–water partition coefficient (Wildman–Crippen LogP) is 4.75.